The number of aromatic amines is 1. The van der Waals surface area contributed by atoms with Crippen LogP contribution in [0.25, 0.3) is 16.5 Å². The Morgan fingerprint density at radius 3 is 2.64 bits per heavy atom. The van der Waals surface area contributed by atoms with Crippen molar-refractivity contribution in [2.75, 3.05) is 56.7 Å². The highest BCUT2D eigenvalue weighted by Gasteiger charge is 2.24. The number of hydrogen-bond donors (Lipinski definition) is 3. The predicted molar refractivity (Wildman–Crippen MR) is 179 cm³/mol. The fourth-order valence-corrected chi connectivity index (χ4v) is 6.82. The van der Waals surface area contributed by atoms with Crippen LogP contribution in [0.5, 0.6) is 0 Å². The zero-order valence-electron chi connectivity index (χ0n) is 26.1. The maximum atomic E-state index is 13.5. The van der Waals surface area contributed by atoms with E-state index in [-0.39, 0.29) is 17.7 Å². The maximum absolute atomic E-state index is 13.5. The molecule has 2 aromatic heterocycles. The number of aromatic nitrogens is 1. The van der Waals surface area contributed by atoms with E-state index < -0.39 is 0 Å². The number of allylic oxidation sites excluding steroid dienone is 4. The fraction of sp³-hybridized carbons (Fsp3) is 0.441. The van der Waals surface area contributed by atoms with Gasteiger partial charge in [0, 0.05) is 48.1 Å². The fourth-order valence-electron chi connectivity index (χ4n) is 5.90. The first-order chi connectivity index (χ1) is 21.3. The molecule has 0 radical (unpaired) electrons. The zero-order chi connectivity index (χ0) is 31.2. The molecule has 2 unspecified atom stereocenters. The Labute approximate surface area is 263 Å². The number of carbonyl (C=O) groups is 3. The van der Waals surface area contributed by atoms with Gasteiger partial charge in [-0.05, 0) is 67.5 Å². The monoisotopic (exact) mass is 617 g/mol. The zero-order valence-corrected chi connectivity index (χ0v) is 26.9. The molecule has 1 aromatic carbocycles. The van der Waals surface area contributed by atoms with Gasteiger partial charge in [0.25, 0.3) is 11.8 Å². The predicted octanol–water partition coefficient (Wildman–Crippen LogP) is 5.92. The van der Waals surface area contributed by atoms with Crippen molar-refractivity contribution in [1.82, 2.24) is 15.2 Å². The average Bonchev–Trinajstić information content (AvgIpc) is 3.64. The van der Waals surface area contributed by atoms with E-state index in [1.165, 1.54) is 11.3 Å². The Morgan fingerprint density at radius 1 is 1.09 bits per heavy atom. The van der Waals surface area contributed by atoms with E-state index in [1.807, 2.05) is 37.3 Å². The summed E-state index contributed by atoms with van der Waals surface area (Å²) in [6.07, 6.45) is 9.93. The number of benzene rings is 1. The summed E-state index contributed by atoms with van der Waals surface area (Å²) in [4.78, 5) is 48.2. The van der Waals surface area contributed by atoms with Crippen LogP contribution in [-0.2, 0) is 9.53 Å². The average molecular weight is 618 g/mol. The van der Waals surface area contributed by atoms with E-state index in [0.29, 0.717) is 71.0 Å². The number of ether oxygens (including phenoxy) is 1. The highest BCUT2D eigenvalue weighted by atomic mass is 32.1. The number of anilines is 2. The molecule has 1 aliphatic heterocycles. The smallest absolute Gasteiger partial charge is 0.266 e. The largest absolute Gasteiger partial charge is 0.379 e. The molecular formula is C34H43N5O4S. The van der Waals surface area contributed by atoms with E-state index >= 15 is 0 Å². The third-order valence-corrected chi connectivity index (χ3v) is 9.83. The second-order valence-electron chi connectivity index (χ2n) is 11.6. The number of H-pyrrole nitrogens is 1. The third-order valence-electron chi connectivity index (χ3n) is 8.70. The van der Waals surface area contributed by atoms with Crippen molar-refractivity contribution in [1.29, 1.82) is 0 Å². The van der Waals surface area contributed by atoms with Gasteiger partial charge in [0.15, 0.2) is 0 Å². The highest BCUT2D eigenvalue weighted by Crippen LogP contribution is 2.33. The number of amides is 3. The number of nitrogens with zero attached hydrogens (tertiary/aromatic N) is 2. The van der Waals surface area contributed by atoms with Gasteiger partial charge >= 0.3 is 0 Å². The standard InChI is InChI=1S/C34H43N5O4S/c1-5-23-10-11-24(9-7-8-22(23)3)28-14-15-29(44-28)33(41)37-32-31(34(42)35-6-2)26-13-12-25(20-27(26)36-32)38(4)30(40)21-39-16-18-43-19-17-39/h7,9,11-15,20,22-23,36H,5-6,8,10,16-19,21H2,1-4H3,(H,35,42)(H,37,41). The summed E-state index contributed by atoms with van der Waals surface area (Å²) in [5.74, 6) is 1.03. The first kappa shape index (κ1) is 31.7. The molecular weight excluding hydrogens is 574 g/mol. The second-order valence-corrected chi connectivity index (χ2v) is 12.7. The first-order valence-electron chi connectivity index (χ1n) is 15.6. The van der Waals surface area contributed by atoms with Gasteiger partial charge in [0.2, 0.25) is 5.91 Å². The molecule has 1 fully saturated rings. The van der Waals surface area contributed by atoms with E-state index in [2.05, 4.69) is 52.6 Å². The van der Waals surface area contributed by atoms with Crippen LogP contribution in [0.15, 0.2) is 48.6 Å². The van der Waals surface area contributed by atoms with Crippen LogP contribution < -0.4 is 15.5 Å². The van der Waals surface area contributed by atoms with Crippen LogP contribution >= 0.6 is 11.3 Å². The number of morpholine rings is 1. The Hall–Kier alpha value is -3.73. The minimum atomic E-state index is -0.285. The molecule has 44 heavy (non-hydrogen) atoms. The lowest BCUT2D eigenvalue weighted by atomic mass is 9.84. The Balaban J connectivity index is 1.37. The van der Waals surface area contributed by atoms with E-state index in [1.54, 1.807) is 11.9 Å². The molecule has 10 heteroatoms. The van der Waals surface area contributed by atoms with E-state index in [4.69, 9.17) is 4.74 Å². The molecule has 3 aromatic rings. The van der Waals surface area contributed by atoms with Crippen molar-refractivity contribution < 1.29 is 19.1 Å². The van der Waals surface area contributed by atoms with Gasteiger partial charge in [-0.3, -0.25) is 19.3 Å². The summed E-state index contributed by atoms with van der Waals surface area (Å²) < 4.78 is 5.39. The molecule has 9 nitrogen and oxygen atoms in total. The minimum Gasteiger partial charge on any atom is -0.379 e. The molecule has 3 N–H and O–H groups in total. The molecule has 5 rings (SSSR count). The number of nitrogens with one attached hydrogen (secondary N) is 3. The lowest BCUT2D eigenvalue weighted by molar-refractivity contribution is -0.120. The molecule has 2 aliphatic rings. The highest BCUT2D eigenvalue weighted by molar-refractivity contribution is 7.15. The molecule has 234 valence electrons. The lowest BCUT2D eigenvalue weighted by Gasteiger charge is -2.28. The number of carbonyl (C=O) groups excluding carboxylic acids is 3. The maximum Gasteiger partial charge on any atom is 0.266 e. The summed E-state index contributed by atoms with van der Waals surface area (Å²) in [6, 6.07) is 9.32. The van der Waals surface area contributed by atoms with Crippen molar-refractivity contribution in [3.8, 4) is 0 Å². The van der Waals surface area contributed by atoms with Gasteiger partial charge in [-0.2, -0.15) is 0 Å². The van der Waals surface area contributed by atoms with Crippen molar-refractivity contribution in [2.24, 2.45) is 11.8 Å². The molecule has 1 saturated heterocycles. The van der Waals surface area contributed by atoms with Gasteiger partial charge in [-0.1, -0.05) is 38.5 Å². The van der Waals surface area contributed by atoms with Crippen LogP contribution in [-0.4, -0.2) is 74.0 Å². The van der Waals surface area contributed by atoms with Gasteiger partial charge in [0.1, 0.15) is 5.82 Å². The van der Waals surface area contributed by atoms with Crippen LogP contribution in [0.3, 0.4) is 0 Å². The van der Waals surface area contributed by atoms with E-state index in [0.717, 1.165) is 42.8 Å². The Morgan fingerprint density at radius 2 is 1.89 bits per heavy atom. The topological polar surface area (TPSA) is 107 Å². The normalized spacial score (nSPS) is 19.2. The summed E-state index contributed by atoms with van der Waals surface area (Å²) >= 11 is 1.45. The van der Waals surface area contributed by atoms with Crippen molar-refractivity contribution in [3.63, 3.8) is 0 Å². The summed E-state index contributed by atoms with van der Waals surface area (Å²) in [5.41, 5.74) is 2.86. The molecule has 0 bridgehead atoms. The van der Waals surface area contributed by atoms with Crippen LogP contribution in [0.1, 0.15) is 64.9 Å². The van der Waals surface area contributed by atoms with Crippen molar-refractivity contribution in [3.05, 3.63) is 63.9 Å². The molecule has 2 atom stereocenters. The Bertz CT molecular complexity index is 1560. The summed E-state index contributed by atoms with van der Waals surface area (Å²) in [7, 11) is 1.75. The number of thiophene rings is 1. The molecule has 3 amide bonds. The summed E-state index contributed by atoms with van der Waals surface area (Å²) in [6.45, 7) is 9.89. The molecule has 1 aliphatic carbocycles. The lowest BCUT2D eigenvalue weighted by Crippen LogP contribution is -2.43. The number of fused-ring (bicyclic) bond motifs is 1. The van der Waals surface area contributed by atoms with Gasteiger partial charge in [-0.15, -0.1) is 11.3 Å². The molecule has 0 saturated carbocycles. The van der Waals surface area contributed by atoms with Gasteiger partial charge in [0.05, 0.1) is 30.2 Å². The summed E-state index contributed by atoms with van der Waals surface area (Å²) in [5, 5.41) is 6.49. The van der Waals surface area contributed by atoms with Crippen molar-refractivity contribution in [2.45, 2.75) is 40.0 Å². The van der Waals surface area contributed by atoms with Crippen LogP contribution in [0.2, 0.25) is 0 Å². The quantitative estimate of drug-likeness (QED) is 0.276. The number of likely N-dealkylation sites (N-methyl/N-ethyl adjacent to an activating group) is 1. The van der Waals surface area contributed by atoms with E-state index in [9.17, 15) is 14.4 Å². The Kier molecular flexibility index (Phi) is 10.3. The number of rotatable bonds is 9. The molecule has 0 spiro atoms. The first-order valence-corrected chi connectivity index (χ1v) is 16.4. The van der Waals surface area contributed by atoms with Gasteiger partial charge in [-0.25, -0.2) is 0 Å². The number of hydrogen-bond acceptors (Lipinski definition) is 6. The van der Waals surface area contributed by atoms with Crippen LogP contribution in [0, 0.1) is 11.8 Å². The van der Waals surface area contributed by atoms with Crippen molar-refractivity contribution >= 4 is 57.0 Å². The molecule has 3 heterocycles. The minimum absolute atomic E-state index is 0.0299. The SMILES string of the molecule is CCNC(=O)c1c(NC(=O)c2ccc(C3=CCC(CC)C(C)CC=C3)s2)[nH]c2cc(N(C)C(=O)CN3CCOCC3)ccc12. The van der Waals surface area contributed by atoms with Crippen LogP contribution in [0.4, 0.5) is 11.5 Å². The second kappa shape index (κ2) is 14.4. The van der Waals surface area contributed by atoms with Gasteiger partial charge < -0.3 is 25.3 Å². The third kappa shape index (κ3) is 7.14.